The summed E-state index contributed by atoms with van der Waals surface area (Å²) in [5.74, 6) is 6.35. The molecule has 172 valence electrons. The molecule has 0 radical (unpaired) electrons. The number of carbonyl (C=O) groups excluding carboxylic acids is 1. The van der Waals surface area contributed by atoms with Gasteiger partial charge in [0.05, 0.1) is 6.26 Å². The number of nitrogens with one attached hydrogen (secondary N) is 1. The summed E-state index contributed by atoms with van der Waals surface area (Å²) < 4.78 is 43.2. The van der Waals surface area contributed by atoms with E-state index in [9.17, 15) is 23.0 Å². The van der Waals surface area contributed by atoms with Crippen LogP contribution < -0.4 is 9.46 Å². The Kier molecular flexibility index (Phi) is 10.0. The van der Waals surface area contributed by atoms with Gasteiger partial charge in [-0.1, -0.05) is 37.1 Å². The van der Waals surface area contributed by atoms with Crippen molar-refractivity contribution in [2.75, 3.05) is 18.6 Å². The highest BCUT2D eigenvalue weighted by atomic mass is 32.2. The van der Waals surface area contributed by atoms with Gasteiger partial charge in [0.15, 0.2) is 4.90 Å². The number of rotatable bonds is 11. The lowest BCUT2D eigenvalue weighted by Gasteiger charge is -2.24. The highest BCUT2D eigenvalue weighted by molar-refractivity contribution is 7.91. The van der Waals surface area contributed by atoms with Crippen LogP contribution in [-0.4, -0.2) is 48.3 Å². The summed E-state index contributed by atoms with van der Waals surface area (Å²) in [5, 5.41) is 10.5. The van der Waals surface area contributed by atoms with Gasteiger partial charge in [-0.2, -0.15) is 0 Å². The average molecular weight is 479 g/mol. The third-order valence-corrected chi connectivity index (χ3v) is 6.42. The zero-order chi connectivity index (χ0) is 23.6. The second-order valence-electron chi connectivity index (χ2n) is 6.82. The lowest BCUT2D eigenvalue weighted by atomic mass is 10.1. The molecule has 2 rings (SSSR count). The second kappa shape index (κ2) is 12.5. The zero-order valence-electron chi connectivity index (χ0n) is 17.9. The first-order valence-electron chi connectivity index (χ1n) is 9.76. The quantitative estimate of drug-likeness (QED) is 0.168. The van der Waals surface area contributed by atoms with Gasteiger partial charge in [-0.25, -0.2) is 18.2 Å². The molecule has 2 N–H and O–H groups in total. The molecular weight excluding hydrogens is 452 g/mol. The normalized spacial score (nSPS) is 12.9. The number of nitrogens with zero attached hydrogens (tertiary/aromatic N) is 1. The summed E-state index contributed by atoms with van der Waals surface area (Å²) in [6.07, 6.45) is 2.08. The van der Waals surface area contributed by atoms with Gasteiger partial charge in [0.2, 0.25) is 16.4 Å². The smallest absolute Gasteiger partial charge is 0.233 e. The molecule has 0 heterocycles. The zero-order valence-corrected chi connectivity index (χ0v) is 19.5. The summed E-state index contributed by atoms with van der Waals surface area (Å²) >= 11 is -1.51. The second-order valence-corrected chi connectivity index (χ2v) is 10.1. The SMILES string of the molecule is CCC#CCOc1ccc([S+]([O-])CC(c2ccc(CNS(C)(=O)=O)cc2)N(O)C=O)cc1. The van der Waals surface area contributed by atoms with E-state index in [-0.39, 0.29) is 25.3 Å². The Bertz CT molecular complexity index is 1030. The van der Waals surface area contributed by atoms with E-state index in [0.29, 0.717) is 26.8 Å². The Balaban J connectivity index is 2.07. The van der Waals surface area contributed by atoms with Crippen molar-refractivity contribution >= 4 is 27.6 Å². The van der Waals surface area contributed by atoms with Crippen molar-refractivity contribution in [3.8, 4) is 17.6 Å². The van der Waals surface area contributed by atoms with Gasteiger partial charge in [0, 0.05) is 13.0 Å². The van der Waals surface area contributed by atoms with Gasteiger partial charge in [-0.15, -0.1) is 5.92 Å². The van der Waals surface area contributed by atoms with E-state index in [1.807, 2.05) is 6.92 Å². The summed E-state index contributed by atoms with van der Waals surface area (Å²) in [7, 11) is -3.32. The lowest BCUT2D eigenvalue weighted by molar-refractivity contribution is -0.158. The van der Waals surface area contributed by atoms with E-state index in [1.54, 1.807) is 48.5 Å². The number of carbonyl (C=O) groups is 1. The molecule has 8 nitrogen and oxygen atoms in total. The van der Waals surface area contributed by atoms with E-state index in [2.05, 4.69) is 16.6 Å². The third kappa shape index (κ3) is 8.53. The number of amides is 1. The highest BCUT2D eigenvalue weighted by Gasteiger charge is 2.26. The van der Waals surface area contributed by atoms with Crippen LogP contribution in [0.4, 0.5) is 0 Å². The monoisotopic (exact) mass is 478 g/mol. The van der Waals surface area contributed by atoms with Gasteiger partial charge in [0.1, 0.15) is 24.2 Å². The molecule has 0 fully saturated rings. The Morgan fingerprint density at radius 1 is 1.19 bits per heavy atom. The maximum atomic E-state index is 12.9. The van der Waals surface area contributed by atoms with Gasteiger partial charge in [-0.3, -0.25) is 10.0 Å². The fourth-order valence-corrected chi connectivity index (χ4v) is 4.39. The minimum absolute atomic E-state index is 0.0294. The molecule has 2 aromatic carbocycles. The van der Waals surface area contributed by atoms with Crippen molar-refractivity contribution in [2.24, 2.45) is 0 Å². The van der Waals surface area contributed by atoms with Crippen LogP contribution in [-0.2, 0) is 32.5 Å². The summed E-state index contributed by atoms with van der Waals surface area (Å²) in [5.41, 5.74) is 1.26. The standard InChI is InChI=1S/C22H26N2O6S2/c1-3-4-5-14-30-20-10-12-21(13-11-20)31(27)16-22(24(26)17-25)19-8-6-18(7-9-19)15-23-32(2,28)29/h6-13,17,22-23,26H,3,14-16H2,1-2H3. The molecule has 0 saturated carbocycles. The predicted molar refractivity (Wildman–Crippen MR) is 122 cm³/mol. The summed E-state index contributed by atoms with van der Waals surface area (Å²) in [4.78, 5) is 11.7. The molecule has 32 heavy (non-hydrogen) atoms. The first-order chi connectivity index (χ1) is 15.2. The van der Waals surface area contributed by atoms with Gasteiger partial charge < -0.3 is 9.29 Å². The largest absolute Gasteiger partial charge is 0.611 e. The Hall–Kier alpha value is -2.55. The maximum absolute atomic E-state index is 12.9. The number of hydroxylamine groups is 2. The van der Waals surface area contributed by atoms with Crippen molar-refractivity contribution < 1.29 is 27.7 Å². The number of hydrogen-bond donors (Lipinski definition) is 2. The van der Waals surface area contributed by atoms with Crippen LogP contribution >= 0.6 is 0 Å². The molecule has 0 aromatic heterocycles. The molecule has 0 aliphatic carbocycles. The summed E-state index contributed by atoms with van der Waals surface area (Å²) in [6, 6.07) is 12.5. The van der Waals surface area contributed by atoms with E-state index >= 15 is 0 Å². The van der Waals surface area contributed by atoms with Crippen LogP contribution in [0.5, 0.6) is 5.75 Å². The van der Waals surface area contributed by atoms with Crippen molar-refractivity contribution in [2.45, 2.75) is 30.8 Å². The summed E-state index contributed by atoms with van der Waals surface area (Å²) in [6.45, 7) is 2.34. The highest BCUT2D eigenvalue weighted by Crippen LogP contribution is 2.25. The molecular formula is C22H26N2O6S2. The number of ether oxygens (including phenoxy) is 1. The number of hydrogen-bond acceptors (Lipinski definition) is 6. The van der Waals surface area contributed by atoms with Crippen LogP contribution in [0.15, 0.2) is 53.4 Å². The van der Waals surface area contributed by atoms with Gasteiger partial charge in [0.25, 0.3) is 0 Å². The van der Waals surface area contributed by atoms with Crippen LogP contribution in [0.1, 0.15) is 30.5 Å². The first-order valence-corrected chi connectivity index (χ1v) is 13.0. The minimum Gasteiger partial charge on any atom is -0.611 e. The minimum atomic E-state index is -3.32. The topological polar surface area (TPSA) is 119 Å². The lowest BCUT2D eigenvalue weighted by Crippen LogP contribution is -2.30. The number of benzene rings is 2. The molecule has 2 aromatic rings. The molecule has 10 heteroatoms. The van der Waals surface area contributed by atoms with E-state index in [0.717, 1.165) is 12.7 Å². The Labute approximate surface area is 191 Å². The van der Waals surface area contributed by atoms with Crippen LogP contribution in [0.2, 0.25) is 0 Å². The fraction of sp³-hybridized carbons (Fsp3) is 0.318. The van der Waals surface area contributed by atoms with E-state index < -0.39 is 27.2 Å². The Morgan fingerprint density at radius 2 is 1.84 bits per heavy atom. The molecule has 2 unspecified atom stereocenters. The molecule has 0 spiro atoms. The molecule has 0 aliphatic rings. The van der Waals surface area contributed by atoms with Crippen molar-refractivity contribution in [3.63, 3.8) is 0 Å². The Morgan fingerprint density at radius 3 is 2.41 bits per heavy atom. The van der Waals surface area contributed by atoms with E-state index in [1.165, 1.54) is 0 Å². The fourth-order valence-electron chi connectivity index (χ4n) is 2.69. The average Bonchev–Trinajstić information content (AvgIpc) is 2.78. The van der Waals surface area contributed by atoms with Crippen molar-refractivity contribution in [1.29, 1.82) is 0 Å². The van der Waals surface area contributed by atoms with Crippen LogP contribution in [0.3, 0.4) is 0 Å². The van der Waals surface area contributed by atoms with Gasteiger partial charge >= 0.3 is 0 Å². The number of sulfonamides is 1. The van der Waals surface area contributed by atoms with Gasteiger partial charge in [-0.05, 0) is 46.6 Å². The molecule has 0 bridgehead atoms. The molecule has 0 saturated heterocycles. The molecule has 1 amide bonds. The molecule has 2 atom stereocenters. The maximum Gasteiger partial charge on any atom is 0.233 e. The van der Waals surface area contributed by atoms with Crippen molar-refractivity contribution in [1.82, 2.24) is 9.79 Å². The van der Waals surface area contributed by atoms with Crippen LogP contribution in [0.25, 0.3) is 0 Å². The van der Waals surface area contributed by atoms with E-state index in [4.69, 9.17) is 4.74 Å². The van der Waals surface area contributed by atoms with Crippen LogP contribution in [0, 0.1) is 11.8 Å². The van der Waals surface area contributed by atoms with Crippen molar-refractivity contribution in [3.05, 3.63) is 59.7 Å². The first kappa shape index (κ1) is 25.7. The predicted octanol–water partition coefficient (Wildman–Crippen LogP) is 2.22. The molecule has 0 aliphatic heterocycles. The third-order valence-electron chi connectivity index (χ3n) is 4.34.